The Morgan fingerprint density at radius 1 is 1.06 bits per heavy atom. The van der Waals surface area contributed by atoms with Crippen LogP contribution in [0.15, 0.2) is 11.6 Å². The SMILES string of the molecule is CCCCCCCC[C@H]1CC[C@H]2[C@@H]3CC=C4C[C@@H](OC(=O)[C@H](C)Cl)CC[C@]4(C)[C@H]3CC[C@]12C. The monoisotopic (exact) mass is 476 g/mol. The van der Waals surface area contributed by atoms with Crippen molar-refractivity contribution < 1.29 is 9.53 Å². The second-order valence-electron chi connectivity index (χ2n) is 12.6. The van der Waals surface area contributed by atoms with Crippen LogP contribution < -0.4 is 0 Å². The zero-order valence-electron chi connectivity index (χ0n) is 21.8. The van der Waals surface area contributed by atoms with Gasteiger partial charge in [-0.25, -0.2) is 0 Å². The molecule has 2 nitrogen and oxygen atoms in total. The summed E-state index contributed by atoms with van der Waals surface area (Å²) >= 11 is 5.95. The minimum absolute atomic E-state index is 0.0246. The van der Waals surface area contributed by atoms with Gasteiger partial charge in [-0.3, -0.25) is 4.79 Å². The van der Waals surface area contributed by atoms with E-state index in [0.29, 0.717) is 10.8 Å². The maximum absolute atomic E-state index is 12.0. The maximum atomic E-state index is 12.0. The average Bonchev–Trinajstić information content (AvgIpc) is 3.12. The van der Waals surface area contributed by atoms with Crippen LogP contribution in [0.5, 0.6) is 0 Å². The van der Waals surface area contributed by atoms with Crippen molar-refractivity contribution in [2.75, 3.05) is 0 Å². The molecule has 0 aromatic rings. The first-order chi connectivity index (χ1) is 15.8. The predicted octanol–water partition coefficient (Wildman–Crippen LogP) is 8.86. The molecule has 0 radical (unpaired) electrons. The van der Waals surface area contributed by atoms with E-state index in [0.717, 1.165) is 36.5 Å². The molecule has 4 rings (SSSR count). The smallest absolute Gasteiger partial charge is 0.324 e. The van der Waals surface area contributed by atoms with E-state index < -0.39 is 5.38 Å². The maximum Gasteiger partial charge on any atom is 0.324 e. The molecule has 33 heavy (non-hydrogen) atoms. The number of halogens is 1. The molecule has 0 bridgehead atoms. The van der Waals surface area contributed by atoms with Crippen molar-refractivity contribution in [1.82, 2.24) is 0 Å². The first-order valence-corrected chi connectivity index (χ1v) is 14.8. The van der Waals surface area contributed by atoms with Gasteiger partial charge in [0.05, 0.1) is 0 Å². The molecular formula is C30H49ClO2. The van der Waals surface area contributed by atoms with Crippen molar-refractivity contribution in [3.63, 3.8) is 0 Å². The summed E-state index contributed by atoms with van der Waals surface area (Å²) in [5.41, 5.74) is 2.48. The van der Waals surface area contributed by atoms with Gasteiger partial charge in [0.1, 0.15) is 11.5 Å². The van der Waals surface area contributed by atoms with Gasteiger partial charge in [-0.2, -0.15) is 0 Å². The number of fused-ring (bicyclic) bond motifs is 5. The Bertz CT molecular complexity index is 714. The Morgan fingerprint density at radius 2 is 1.82 bits per heavy atom. The fourth-order valence-electron chi connectivity index (χ4n) is 8.74. The quantitative estimate of drug-likeness (QED) is 0.144. The van der Waals surface area contributed by atoms with Crippen molar-refractivity contribution in [2.24, 2.45) is 34.5 Å². The molecule has 0 unspecified atom stereocenters. The number of hydrogen-bond acceptors (Lipinski definition) is 2. The van der Waals surface area contributed by atoms with E-state index >= 15 is 0 Å². The van der Waals surface area contributed by atoms with Crippen LogP contribution in [-0.4, -0.2) is 17.5 Å². The Labute approximate surface area is 208 Å². The highest BCUT2D eigenvalue weighted by molar-refractivity contribution is 6.29. The van der Waals surface area contributed by atoms with Gasteiger partial charge in [0.2, 0.25) is 0 Å². The van der Waals surface area contributed by atoms with Gasteiger partial charge in [-0.15, -0.1) is 11.6 Å². The third-order valence-corrected chi connectivity index (χ3v) is 10.9. The zero-order chi connectivity index (χ0) is 23.6. The van der Waals surface area contributed by atoms with E-state index in [1.54, 1.807) is 12.5 Å². The summed E-state index contributed by atoms with van der Waals surface area (Å²) in [5.74, 6) is 3.32. The van der Waals surface area contributed by atoms with E-state index in [1.807, 2.05) is 0 Å². The number of allylic oxidation sites excluding steroid dienone is 1. The summed E-state index contributed by atoms with van der Waals surface area (Å²) < 4.78 is 5.74. The molecule has 0 amide bonds. The fraction of sp³-hybridized carbons (Fsp3) is 0.900. The van der Waals surface area contributed by atoms with Crippen molar-refractivity contribution in [3.8, 4) is 0 Å². The summed E-state index contributed by atoms with van der Waals surface area (Å²) in [6.45, 7) is 9.24. The largest absolute Gasteiger partial charge is 0.461 e. The van der Waals surface area contributed by atoms with Gasteiger partial charge in [-0.1, -0.05) is 70.9 Å². The lowest BCUT2D eigenvalue weighted by molar-refractivity contribution is -0.150. The van der Waals surface area contributed by atoms with Crippen LogP contribution in [0.1, 0.15) is 124 Å². The molecule has 0 aliphatic heterocycles. The molecule has 3 heteroatoms. The molecule has 4 aliphatic rings. The van der Waals surface area contributed by atoms with Crippen LogP contribution in [0, 0.1) is 34.5 Å². The van der Waals surface area contributed by atoms with Crippen LogP contribution in [0.4, 0.5) is 0 Å². The lowest BCUT2D eigenvalue weighted by Gasteiger charge is -2.58. The molecule has 0 saturated heterocycles. The Balaban J connectivity index is 1.38. The molecule has 0 aromatic carbocycles. The van der Waals surface area contributed by atoms with Gasteiger partial charge in [0.15, 0.2) is 0 Å². The normalized spacial score (nSPS) is 40.9. The molecule has 0 spiro atoms. The summed E-state index contributed by atoms with van der Waals surface area (Å²) in [5, 5.41) is -0.550. The molecule has 188 valence electrons. The topological polar surface area (TPSA) is 26.3 Å². The average molecular weight is 477 g/mol. The van der Waals surface area contributed by atoms with Gasteiger partial charge < -0.3 is 4.74 Å². The number of esters is 1. The number of unbranched alkanes of at least 4 members (excludes halogenated alkanes) is 5. The highest BCUT2D eigenvalue weighted by Crippen LogP contribution is 2.66. The molecular weight excluding hydrogens is 428 g/mol. The summed E-state index contributed by atoms with van der Waals surface area (Å²) in [4.78, 5) is 12.0. The lowest BCUT2D eigenvalue weighted by atomic mass is 9.47. The first kappa shape index (κ1) is 25.6. The molecule has 0 heterocycles. The second kappa shape index (κ2) is 10.6. The van der Waals surface area contributed by atoms with E-state index in [4.69, 9.17) is 16.3 Å². The number of ether oxygens (including phenoxy) is 1. The van der Waals surface area contributed by atoms with Crippen molar-refractivity contribution >= 4 is 17.6 Å². The number of hydrogen-bond donors (Lipinski definition) is 0. The second-order valence-corrected chi connectivity index (χ2v) is 13.2. The minimum atomic E-state index is -0.550. The zero-order valence-corrected chi connectivity index (χ0v) is 22.6. The van der Waals surface area contributed by atoms with Gasteiger partial charge in [0, 0.05) is 6.42 Å². The van der Waals surface area contributed by atoms with E-state index in [-0.39, 0.29) is 12.1 Å². The molecule has 0 aromatic heterocycles. The summed E-state index contributed by atoms with van der Waals surface area (Å²) in [6, 6.07) is 0. The van der Waals surface area contributed by atoms with Crippen LogP contribution >= 0.6 is 11.6 Å². The molecule has 8 atom stereocenters. The Kier molecular flexibility index (Phi) is 8.24. The van der Waals surface area contributed by atoms with Crippen LogP contribution in [0.25, 0.3) is 0 Å². The van der Waals surface area contributed by atoms with Crippen LogP contribution in [0.3, 0.4) is 0 Å². The number of carbonyl (C=O) groups excluding carboxylic acids is 1. The Hall–Kier alpha value is -0.500. The van der Waals surface area contributed by atoms with E-state index in [1.165, 1.54) is 83.5 Å². The first-order valence-electron chi connectivity index (χ1n) is 14.3. The lowest BCUT2D eigenvalue weighted by Crippen LogP contribution is -2.50. The van der Waals surface area contributed by atoms with E-state index in [9.17, 15) is 4.79 Å². The Morgan fingerprint density at radius 3 is 2.58 bits per heavy atom. The number of alkyl halides is 1. The third kappa shape index (κ3) is 5.07. The van der Waals surface area contributed by atoms with Crippen molar-refractivity contribution in [2.45, 2.75) is 135 Å². The van der Waals surface area contributed by atoms with Gasteiger partial charge >= 0.3 is 5.97 Å². The van der Waals surface area contributed by atoms with Crippen molar-refractivity contribution in [3.05, 3.63) is 11.6 Å². The molecule has 4 aliphatic carbocycles. The highest BCUT2D eigenvalue weighted by Gasteiger charge is 2.58. The molecule has 0 N–H and O–H groups in total. The third-order valence-electron chi connectivity index (χ3n) is 10.8. The predicted molar refractivity (Wildman–Crippen MR) is 138 cm³/mol. The molecule has 3 fully saturated rings. The van der Waals surface area contributed by atoms with E-state index in [2.05, 4.69) is 26.8 Å². The minimum Gasteiger partial charge on any atom is -0.461 e. The number of carbonyl (C=O) groups is 1. The van der Waals surface area contributed by atoms with Gasteiger partial charge in [0.25, 0.3) is 0 Å². The molecule has 3 saturated carbocycles. The standard InChI is InChI=1S/C30H49ClO2/c1-5-6-7-8-9-10-11-22-13-15-26-25-14-12-23-20-24(33-28(32)21(2)31)16-18-30(23,4)27(25)17-19-29(22,26)3/h12,21-22,24-27H,5-11,13-20H2,1-4H3/t21-,22-,24-,25-,26-,27-,29+,30-/m0/s1. The summed E-state index contributed by atoms with van der Waals surface area (Å²) in [6.07, 6.45) is 22.7. The number of rotatable bonds is 9. The fourth-order valence-corrected chi connectivity index (χ4v) is 8.79. The van der Waals surface area contributed by atoms with Crippen LogP contribution in [-0.2, 0) is 9.53 Å². The highest BCUT2D eigenvalue weighted by atomic mass is 35.5. The van der Waals surface area contributed by atoms with Crippen LogP contribution in [0.2, 0.25) is 0 Å². The van der Waals surface area contributed by atoms with Crippen molar-refractivity contribution in [1.29, 1.82) is 0 Å². The van der Waals surface area contributed by atoms with Gasteiger partial charge in [-0.05, 0) is 92.8 Å². The summed E-state index contributed by atoms with van der Waals surface area (Å²) in [7, 11) is 0.